The minimum atomic E-state index is 0.0834. The van der Waals surface area contributed by atoms with Gasteiger partial charge in [0.15, 0.2) is 11.7 Å². The number of aryl methyl sites for hydroxylation is 1. The Morgan fingerprint density at radius 3 is 2.65 bits per heavy atom. The maximum atomic E-state index is 5.84. The summed E-state index contributed by atoms with van der Waals surface area (Å²) in [5.41, 5.74) is 2.08. The van der Waals surface area contributed by atoms with Gasteiger partial charge >= 0.3 is 0 Å². The Morgan fingerprint density at radius 1 is 1.22 bits per heavy atom. The van der Waals surface area contributed by atoms with Crippen LogP contribution in [0.15, 0.2) is 41.2 Å². The monoisotopic (exact) mass is 309 g/mol. The van der Waals surface area contributed by atoms with E-state index < -0.39 is 0 Å². The lowest BCUT2D eigenvalue weighted by molar-refractivity contribution is 0.509. The highest BCUT2D eigenvalue weighted by Crippen LogP contribution is 2.40. The van der Waals surface area contributed by atoms with E-state index in [1.54, 1.807) is 11.0 Å². The third kappa shape index (κ3) is 2.84. The molecule has 0 aliphatic heterocycles. The highest BCUT2D eigenvalue weighted by molar-refractivity contribution is 5.61. The molecule has 3 aromatic rings. The first-order chi connectivity index (χ1) is 11.2. The third-order valence-corrected chi connectivity index (χ3v) is 4.14. The van der Waals surface area contributed by atoms with E-state index in [4.69, 9.17) is 4.42 Å². The fraction of sp³-hybridized carbons (Fsp3) is 0.353. The Morgan fingerprint density at radius 2 is 2.00 bits per heavy atom. The van der Waals surface area contributed by atoms with Gasteiger partial charge in [0, 0.05) is 24.2 Å². The van der Waals surface area contributed by atoms with Crippen LogP contribution in [-0.4, -0.2) is 19.7 Å². The predicted octanol–water partition coefficient (Wildman–Crippen LogP) is 3.52. The summed E-state index contributed by atoms with van der Waals surface area (Å²) in [6.45, 7) is 2.07. The first kappa shape index (κ1) is 14.0. The standard InChI is InChI=1S/C17H19N5O/c1-11(16-19-10-20-22(16)2)21-14-7-5-12(6-8-14)15-9-18-17(23-15)13-3-4-13/h5-11,13,21H,3-4H2,1-2H3. The zero-order valence-corrected chi connectivity index (χ0v) is 13.2. The van der Waals surface area contributed by atoms with E-state index in [1.807, 2.05) is 37.5 Å². The largest absolute Gasteiger partial charge is 0.440 e. The van der Waals surface area contributed by atoms with Crippen LogP contribution in [0.3, 0.4) is 0 Å². The minimum Gasteiger partial charge on any atom is -0.440 e. The van der Waals surface area contributed by atoms with Crippen LogP contribution in [0.1, 0.15) is 43.4 Å². The number of anilines is 1. The Labute approximate surface area is 134 Å². The fourth-order valence-corrected chi connectivity index (χ4v) is 2.68. The lowest BCUT2D eigenvalue weighted by Crippen LogP contribution is -2.12. The van der Waals surface area contributed by atoms with E-state index in [1.165, 1.54) is 12.8 Å². The van der Waals surface area contributed by atoms with Crippen molar-refractivity contribution in [1.29, 1.82) is 0 Å². The summed E-state index contributed by atoms with van der Waals surface area (Å²) in [6, 6.07) is 8.26. The van der Waals surface area contributed by atoms with Crippen LogP contribution in [0.2, 0.25) is 0 Å². The van der Waals surface area contributed by atoms with Gasteiger partial charge in [-0.3, -0.25) is 4.68 Å². The number of hydrogen-bond donors (Lipinski definition) is 1. The maximum absolute atomic E-state index is 5.84. The SMILES string of the molecule is CC(Nc1ccc(-c2cnc(C3CC3)o2)cc1)c1ncnn1C. The molecular weight excluding hydrogens is 290 g/mol. The van der Waals surface area contributed by atoms with Crippen LogP contribution in [0.4, 0.5) is 5.69 Å². The molecule has 6 heteroatoms. The quantitative estimate of drug-likeness (QED) is 0.781. The summed E-state index contributed by atoms with van der Waals surface area (Å²) < 4.78 is 7.61. The number of hydrogen-bond acceptors (Lipinski definition) is 5. The number of benzene rings is 1. The average Bonchev–Trinajstić information content (AvgIpc) is 3.12. The third-order valence-electron chi connectivity index (χ3n) is 4.14. The summed E-state index contributed by atoms with van der Waals surface area (Å²) in [6.07, 6.45) is 5.78. The lowest BCUT2D eigenvalue weighted by atomic mass is 10.1. The molecule has 0 radical (unpaired) electrons. The Bertz CT molecular complexity index is 801. The van der Waals surface area contributed by atoms with E-state index >= 15 is 0 Å². The van der Waals surface area contributed by atoms with Gasteiger partial charge < -0.3 is 9.73 Å². The minimum absolute atomic E-state index is 0.0834. The first-order valence-electron chi connectivity index (χ1n) is 7.87. The number of aromatic nitrogens is 4. The molecule has 2 heterocycles. The van der Waals surface area contributed by atoms with Crippen molar-refractivity contribution in [3.8, 4) is 11.3 Å². The van der Waals surface area contributed by atoms with Crippen molar-refractivity contribution < 1.29 is 4.42 Å². The van der Waals surface area contributed by atoms with Crippen molar-refractivity contribution in [2.45, 2.75) is 31.7 Å². The summed E-state index contributed by atoms with van der Waals surface area (Å²) in [4.78, 5) is 8.64. The molecule has 1 fully saturated rings. The molecule has 0 bridgehead atoms. The molecule has 1 atom stereocenters. The Hall–Kier alpha value is -2.63. The molecule has 2 aromatic heterocycles. The summed E-state index contributed by atoms with van der Waals surface area (Å²) in [7, 11) is 1.89. The maximum Gasteiger partial charge on any atom is 0.198 e. The van der Waals surface area contributed by atoms with E-state index in [9.17, 15) is 0 Å². The molecule has 1 aliphatic carbocycles. The van der Waals surface area contributed by atoms with E-state index in [0.717, 1.165) is 28.7 Å². The van der Waals surface area contributed by atoms with Crippen LogP contribution < -0.4 is 5.32 Å². The van der Waals surface area contributed by atoms with Crippen LogP contribution in [0.25, 0.3) is 11.3 Å². The number of rotatable bonds is 5. The van der Waals surface area contributed by atoms with Gasteiger partial charge in [0.2, 0.25) is 0 Å². The van der Waals surface area contributed by atoms with Crippen molar-refractivity contribution in [3.05, 3.63) is 48.5 Å². The fourth-order valence-electron chi connectivity index (χ4n) is 2.68. The number of oxazole rings is 1. The van der Waals surface area contributed by atoms with E-state index in [0.29, 0.717) is 5.92 Å². The van der Waals surface area contributed by atoms with Crippen molar-refractivity contribution in [2.24, 2.45) is 7.05 Å². The number of nitrogens with one attached hydrogen (secondary N) is 1. The molecule has 1 unspecified atom stereocenters. The summed E-state index contributed by atoms with van der Waals surface area (Å²) in [5, 5.41) is 7.53. The van der Waals surface area contributed by atoms with Crippen molar-refractivity contribution in [2.75, 3.05) is 5.32 Å². The second-order valence-corrected chi connectivity index (χ2v) is 6.02. The molecule has 1 aromatic carbocycles. The summed E-state index contributed by atoms with van der Waals surface area (Å²) >= 11 is 0. The average molecular weight is 309 g/mol. The van der Waals surface area contributed by atoms with Gasteiger partial charge in [0.05, 0.1) is 12.2 Å². The Kier molecular flexibility index (Phi) is 3.37. The highest BCUT2D eigenvalue weighted by atomic mass is 16.4. The van der Waals surface area contributed by atoms with Gasteiger partial charge in [-0.1, -0.05) is 0 Å². The first-order valence-corrected chi connectivity index (χ1v) is 7.87. The van der Waals surface area contributed by atoms with Crippen molar-refractivity contribution in [3.63, 3.8) is 0 Å². The van der Waals surface area contributed by atoms with E-state index in [-0.39, 0.29) is 6.04 Å². The zero-order valence-electron chi connectivity index (χ0n) is 13.2. The van der Waals surface area contributed by atoms with Gasteiger partial charge in [0.1, 0.15) is 12.2 Å². The lowest BCUT2D eigenvalue weighted by Gasteiger charge is -2.14. The number of nitrogens with zero attached hydrogens (tertiary/aromatic N) is 4. The van der Waals surface area contributed by atoms with Gasteiger partial charge in [-0.15, -0.1) is 0 Å². The second kappa shape index (κ2) is 5.53. The molecule has 1 aliphatic rings. The molecule has 0 saturated heterocycles. The molecule has 1 saturated carbocycles. The van der Waals surface area contributed by atoms with Crippen molar-refractivity contribution >= 4 is 5.69 Å². The van der Waals surface area contributed by atoms with Crippen LogP contribution in [0, 0.1) is 0 Å². The molecule has 0 amide bonds. The van der Waals surface area contributed by atoms with Gasteiger partial charge in [-0.05, 0) is 44.0 Å². The zero-order chi connectivity index (χ0) is 15.8. The topological polar surface area (TPSA) is 68.8 Å². The molecule has 0 spiro atoms. The smallest absolute Gasteiger partial charge is 0.198 e. The Balaban J connectivity index is 1.47. The van der Waals surface area contributed by atoms with Crippen LogP contribution in [-0.2, 0) is 7.05 Å². The van der Waals surface area contributed by atoms with Crippen molar-refractivity contribution in [1.82, 2.24) is 19.7 Å². The molecule has 1 N–H and O–H groups in total. The molecule has 6 nitrogen and oxygen atoms in total. The normalized spacial score (nSPS) is 15.6. The van der Waals surface area contributed by atoms with Gasteiger partial charge in [-0.2, -0.15) is 5.10 Å². The van der Waals surface area contributed by atoms with E-state index in [2.05, 4.69) is 27.3 Å². The predicted molar refractivity (Wildman–Crippen MR) is 87.0 cm³/mol. The van der Waals surface area contributed by atoms with Crippen LogP contribution in [0.5, 0.6) is 0 Å². The molecule has 118 valence electrons. The van der Waals surface area contributed by atoms with Gasteiger partial charge in [0.25, 0.3) is 0 Å². The molecule has 4 rings (SSSR count). The second-order valence-electron chi connectivity index (χ2n) is 6.02. The van der Waals surface area contributed by atoms with Crippen LogP contribution >= 0.6 is 0 Å². The highest BCUT2D eigenvalue weighted by Gasteiger charge is 2.28. The summed E-state index contributed by atoms with van der Waals surface area (Å²) in [5.74, 6) is 3.15. The molecule has 23 heavy (non-hydrogen) atoms. The van der Waals surface area contributed by atoms with Gasteiger partial charge in [-0.25, -0.2) is 9.97 Å². The molecular formula is C17H19N5O.